The summed E-state index contributed by atoms with van der Waals surface area (Å²) in [5, 5.41) is 0.663. The van der Waals surface area contributed by atoms with Gasteiger partial charge in [0.1, 0.15) is 11.6 Å². The number of aromatic nitrogens is 1. The number of ether oxygens (including phenoxy) is 1. The summed E-state index contributed by atoms with van der Waals surface area (Å²) in [6.45, 7) is 3.99. The Balaban J connectivity index is 1.51. The van der Waals surface area contributed by atoms with Crippen LogP contribution in [0.15, 0.2) is 42.6 Å². The minimum absolute atomic E-state index is 0.138. The number of rotatable bonds is 6. The van der Waals surface area contributed by atoms with E-state index < -0.39 is 0 Å². The Hall–Kier alpha value is -2.31. The van der Waals surface area contributed by atoms with Gasteiger partial charge in [0.2, 0.25) is 5.91 Å². The average Bonchev–Trinajstić information content (AvgIpc) is 2.69. The molecule has 27 heavy (non-hydrogen) atoms. The molecule has 0 N–H and O–H groups in total. The van der Waals surface area contributed by atoms with Crippen molar-refractivity contribution in [2.45, 2.75) is 6.54 Å². The van der Waals surface area contributed by atoms with Gasteiger partial charge in [-0.05, 0) is 37.4 Å². The number of carbonyl (C=O) groups excluding carboxylic acids is 1. The van der Waals surface area contributed by atoms with Crippen LogP contribution in [0.5, 0.6) is 5.75 Å². The van der Waals surface area contributed by atoms with Crippen LogP contribution in [-0.2, 0) is 11.3 Å². The van der Waals surface area contributed by atoms with E-state index in [1.807, 2.05) is 47.2 Å². The normalized spacial score (nSPS) is 14.5. The van der Waals surface area contributed by atoms with Crippen LogP contribution in [0.3, 0.4) is 0 Å². The van der Waals surface area contributed by atoms with Gasteiger partial charge in [0, 0.05) is 49.5 Å². The molecule has 1 amide bonds. The lowest BCUT2D eigenvalue weighted by Gasteiger charge is -2.36. The number of anilines is 1. The lowest BCUT2D eigenvalue weighted by atomic mass is 10.2. The van der Waals surface area contributed by atoms with E-state index in [1.54, 1.807) is 19.4 Å². The second-order valence-electron chi connectivity index (χ2n) is 6.68. The van der Waals surface area contributed by atoms with E-state index in [0.717, 1.165) is 30.2 Å². The zero-order chi connectivity index (χ0) is 19.2. The molecule has 1 aromatic carbocycles. The third-order valence-corrected chi connectivity index (χ3v) is 4.93. The molecule has 7 heteroatoms. The van der Waals surface area contributed by atoms with E-state index >= 15 is 0 Å². The van der Waals surface area contributed by atoms with Crippen molar-refractivity contribution >= 4 is 23.3 Å². The van der Waals surface area contributed by atoms with Crippen molar-refractivity contribution in [2.24, 2.45) is 0 Å². The number of hydrogen-bond donors (Lipinski definition) is 0. The lowest BCUT2D eigenvalue weighted by molar-refractivity contribution is -0.132. The predicted molar refractivity (Wildman–Crippen MR) is 107 cm³/mol. The number of halogens is 1. The fourth-order valence-electron chi connectivity index (χ4n) is 3.27. The molecular formula is C20H25ClN4O2. The van der Waals surface area contributed by atoms with Crippen molar-refractivity contribution in [2.75, 3.05) is 51.8 Å². The number of amides is 1. The Morgan fingerprint density at radius 3 is 2.67 bits per heavy atom. The summed E-state index contributed by atoms with van der Waals surface area (Å²) >= 11 is 6.09. The van der Waals surface area contributed by atoms with Gasteiger partial charge in [-0.1, -0.05) is 17.7 Å². The summed E-state index contributed by atoms with van der Waals surface area (Å²) in [6.07, 6.45) is 1.80. The van der Waals surface area contributed by atoms with Gasteiger partial charge in [-0.15, -0.1) is 0 Å². The minimum Gasteiger partial charge on any atom is -0.496 e. The monoisotopic (exact) mass is 388 g/mol. The highest BCUT2D eigenvalue weighted by atomic mass is 35.5. The Morgan fingerprint density at radius 2 is 2.00 bits per heavy atom. The van der Waals surface area contributed by atoms with E-state index in [-0.39, 0.29) is 5.91 Å². The molecule has 1 fully saturated rings. The van der Waals surface area contributed by atoms with Crippen molar-refractivity contribution in [3.05, 3.63) is 53.2 Å². The van der Waals surface area contributed by atoms with Crippen LogP contribution in [0, 0.1) is 0 Å². The van der Waals surface area contributed by atoms with Crippen molar-refractivity contribution in [1.29, 1.82) is 0 Å². The lowest BCUT2D eigenvalue weighted by Crippen LogP contribution is -2.51. The van der Waals surface area contributed by atoms with Crippen molar-refractivity contribution in [3.63, 3.8) is 0 Å². The number of pyridine rings is 1. The number of piperazine rings is 1. The van der Waals surface area contributed by atoms with Crippen LogP contribution < -0.4 is 9.64 Å². The van der Waals surface area contributed by atoms with Gasteiger partial charge in [0.05, 0.1) is 13.7 Å². The van der Waals surface area contributed by atoms with Crippen LogP contribution in [0.4, 0.5) is 5.82 Å². The highest BCUT2D eigenvalue weighted by molar-refractivity contribution is 6.30. The fourth-order valence-corrected chi connectivity index (χ4v) is 3.47. The molecule has 1 aliphatic rings. The van der Waals surface area contributed by atoms with Crippen LogP contribution in [0.2, 0.25) is 5.02 Å². The highest BCUT2D eigenvalue weighted by Crippen LogP contribution is 2.23. The summed E-state index contributed by atoms with van der Waals surface area (Å²) in [6, 6.07) is 11.4. The minimum atomic E-state index is 0.138. The molecule has 1 saturated heterocycles. The molecule has 0 spiro atoms. The molecule has 0 atom stereocenters. The summed E-state index contributed by atoms with van der Waals surface area (Å²) in [5.74, 6) is 1.89. The number of carbonyl (C=O) groups is 1. The molecule has 0 aliphatic carbocycles. The molecular weight excluding hydrogens is 364 g/mol. The Kier molecular flexibility index (Phi) is 6.53. The predicted octanol–water partition coefficient (Wildman–Crippen LogP) is 2.52. The third-order valence-electron chi connectivity index (χ3n) is 4.69. The molecule has 0 radical (unpaired) electrons. The molecule has 2 aromatic rings. The van der Waals surface area contributed by atoms with Crippen molar-refractivity contribution in [1.82, 2.24) is 14.8 Å². The summed E-state index contributed by atoms with van der Waals surface area (Å²) < 4.78 is 5.38. The van der Waals surface area contributed by atoms with Crippen LogP contribution in [-0.4, -0.2) is 67.6 Å². The van der Waals surface area contributed by atoms with Gasteiger partial charge < -0.3 is 14.5 Å². The first-order chi connectivity index (χ1) is 13.1. The molecule has 0 bridgehead atoms. The Bertz CT molecular complexity index is 764. The standard InChI is InChI=1S/C20H25ClN4O2/c1-23(14-16-13-17(21)6-7-18(16)27-2)15-20(26)25-11-9-24(10-12-25)19-5-3-4-8-22-19/h3-8,13H,9-12,14-15H2,1-2H3. The molecule has 0 unspecified atom stereocenters. The maximum absolute atomic E-state index is 12.7. The van der Waals surface area contributed by atoms with Crippen LogP contribution in [0.25, 0.3) is 0 Å². The molecule has 1 aliphatic heterocycles. The Morgan fingerprint density at radius 1 is 1.22 bits per heavy atom. The first-order valence-corrected chi connectivity index (χ1v) is 9.39. The summed E-state index contributed by atoms with van der Waals surface area (Å²) in [5.41, 5.74) is 0.972. The maximum atomic E-state index is 12.7. The maximum Gasteiger partial charge on any atom is 0.236 e. The molecule has 1 aromatic heterocycles. The quantitative estimate of drug-likeness (QED) is 0.761. The molecule has 0 saturated carbocycles. The summed E-state index contributed by atoms with van der Waals surface area (Å²) in [4.78, 5) is 23.2. The zero-order valence-corrected chi connectivity index (χ0v) is 16.5. The second-order valence-corrected chi connectivity index (χ2v) is 7.12. The van der Waals surface area contributed by atoms with Crippen LogP contribution in [0.1, 0.15) is 5.56 Å². The third kappa shape index (κ3) is 5.11. The smallest absolute Gasteiger partial charge is 0.236 e. The number of methoxy groups -OCH3 is 1. The van der Waals surface area contributed by atoms with E-state index in [4.69, 9.17) is 16.3 Å². The van der Waals surface area contributed by atoms with E-state index in [2.05, 4.69) is 9.88 Å². The van der Waals surface area contributed by atoms with E-state index in [0.29, 0.717) is 31.2 Å². The number of benzene rings is 1. The van der Waals surface area contributed by atoms with Gasteiger partial charge in [-0.25, -0.2) is 4.98 Å². The average molecular weight is 389 g/mol. The van der Waals surface area contributed by atoms with Gasteiger partial charge >= 0.3 is 0 Å². The van der Waals surface area contributed by atoms with E-state index in [9.17, 15) is 4.79 Å². The zero-order valence-electron chi connectivity index (χ0n) is 15.8. The highest BCUT2D eigenvalue weighted by Gasteiger charge is 2.22. The first-order valence-electron chi connectivity index (χ1n) is 9.01. The van der Waals surface area contributed by atoms with E-state index in [1.165, 1.54) is 0 Å². The molecule has 2 heterocycles. The topological polar surface area (TPSA) is 48.9 Å². The number of hydrogen-bond acceptors (Lipinski definition) is 5. The molecule has 3 rings (SSSR count). The summed E-state index contributed by atoms with van der Waals surface area (Å²) in [7, 11) is 3.57. The largest absolute Gasteiger partial charge is 0.496 e. The second kappa shape index (κ2) is 9.06. The SMILES string of the molecule is COc1ccc(Cl)cc1CN(C)CC(=O)N1CCN(c2ccccn2)CC1. The number of likely N-dealkylation sites (N-methyl/N-ethyl adjacent to an activating group) is 1. The Labute approximate surface area is 165 Å². The number of nitrogens with zero attached hydrogens (tertiary/aromatic N) is 4. The van der Waals surface area contributed by atoms with Gasteiger partial charge in [0.25, 0.3) is 0 Å². The fraction of sp³-hybridized carbons (Fsp3) is 0.400. The van der Waals surface area contributed by atoms with Gasteiger partial charge in [0.15, 0.2) is 0 Å². The first kappa shape index (κ1) is 19.5. The van der Waals surface area contributed by atoms with Crippen LogP contribution >= 0.6 is 11.6 Å². The molecule has 144 valence electrons. The van der Waals surface area contributed by atoms with Crippen molar-refractivity contribution < 1.29 is 9.53 Å². The van der Waals surface area contributed by atoms with Gasteiger partial charge in [-0.3, -0.25) is 9.69 Å². The van der Waals surface area contributed by atoms with Crippen molar-refractivity contribution in [3.8, 4) is 5.75 Å². The molecule has 6 nitrogen and oxygen atoms in total. The van der Waals surface area contributed by atoms with Gasteiger partial charge in [-0.2, -0.15) is 0 Å².